The van der Waals surface area contributed by atoms with Crippen molar-refractivity contribution in [2.75, 3.05) is 6.61 Å². The summed E-state index contributed by atoms with van der Waals surface area (Å²) < 4.78 is 2.06. The number of rotatable bonds is 5. The van der Waals surface area contributed by atoms with Gasteiger partial charge in [0, 0.05) is 29.2 Å². The molecule has 2 aromatic rings. The molecule has 1 amide bonds. The highest BCUT2D eigenvalue weighted by Gasteiger charge is 2.26. The van der Waals surface area contributed by atoms with Crippen LogP contribution in [0.4, 0.5) is 0 Å². The second kappa shape index (κ2) is 8.12. The van der Waals surface area contributed by atoms with Crippen LogP contribution in [0.2, 0.25) is 5.02 Å². The molecule has 25 heavy (non-hydrogen) atoms. The molecule has 1 aliphatic rings. The number of aromatic amines is 1. The van der Waals surface area contributed by atoms with Crippen molar-refractivity contribution in [3.63, 3.8) is 0 Å². The van der Waals surface area contributed by atoms with Crippen LogP contribution in [0.1, 0.15) is 25.7 Å². The number of halogens is 1. The number of H-pyrrole nitrogens is 1. The van der Waals surface area contributed by atoms with Crippen LogP contribution in [-0.4, -0.2) is 38.4 Å². The zero-order valence-corrected chi connectivity index (χ0v) is 15.3. The van der Waals surface area contributed by atoms with E-state index in [2.05, 4.69) is 15.5 Å². The third kappa shape index (κ3) is 4.29. The average molecular weight is 381 g/mol. The Hall–Kier alpha value is -1.70. The molecule has 1 heterocycles. The quantitative estimate of drug-likeness (QED) is 0.696. The Bertz CT molecular complexity index is 787. The van der Waals surface area contributed by atoms with Gasteiger partial charge in [-0.25, -0.2) is 0 Å². The van der Waals surface area contributed by atoms with E-state index < -0.39 is 0 Å². The summed E-state index contributed by atoms with van der Waals surface area (Å²) in [7, 11) is 0. The van der Waals surface area contributed by atoms with Gasteiger partial charge in [0.25, 0.3) is 0 Å². The molecule has 1 saturated carbocycles. The Morgan fingerprint density at radius 1 is 1.36 bits per heavy atom. The zero-order chi connectivity index (χ0) is 17.8. The highest BCUT2D eigenvalue weighted by atomic mass is 35.5. The average Bonchev–Trinajstić information content (AvgIpc) is 2.97. The monoisotopic (exact) mass is 380 g/mol. The number of aliphatic hydroxyl groups excluding tert-OH is 1. The van der Waals surface area contributed by atoms with Gasteiger partial charge in [-0.05, 0) is 49.3 Å². The molecule has 0 radical (unpaired) electrons. The maximum Gasteiger partial charge on any atom is 0.240 e. The number of carbonyl (C=O) groups is 1. The number of hydrogen-bond donors (Lipinski definition) is 3. The molecule has 0 saturated heterocycles. The van der Waals surface area contributed by atoms with E-state index in [-0.39, 0.29) is 31.0 Å². The van der Waals surface area contributed by atoms with Crippen LogP contribution >= 0.6 is 23.8 Å². The highest BCUT2D eigenvalue weighted by molar-refractivity contribution is 7.71. The molecular formula is C17H21ClN4O2S. The van der Waals surface area contributed by atoms with Gasteiger partial charge in [-0.1, -0.05) is 24.4 Å². The predicted molar refractivity (Wildman–Crippen MR) is 98.8 cm³/mol. The van der Waals surface area contributed by atoms with Crippen molar-refractivity contribution in [1.82, 2.24) is 20.1 Å². The molecule has 1 aromatic carbocycles. The molecule has 3 rings (SSSR count). The van der Waals surface area contributed by atoms with E-state index in [1.807, 2.05) is 12.1 Å². The molecule has 3 N–H and O–H groups in total. The first-order chi connectivity index (χ1) is 12.1. The Morgan fingerprint density at radius 3 is 2.80 bits per heavy atom. The van der Waals surface area contributed by atoms with Gasteiger partial charge in [-0.15, -0.1) is 0 Å². The van der Waals surface area contributed by atoms with E-state index in [4.69, 9.17) is 23.8 Å². The molecule has 1 aliphatic carbocycles. The van der Waals surface area contributed by atoms with E-state index in [1.165, 1.54) is 0 Å². The smallest absolute Gasteiger partial charge is 0.240 e. The minimum atomic E-state index is -0.127. The van der Waals surface area contributed by atoms with Crippen molar-refractivity contribution >= 4 is 29.7 Å². The van der Waals surface area contributed by atoms with Gasteiger partial charge in [0.05, 0.1) is 0 Å². The van der Waals surface area contributed by atoms with E-state index in [0.717, 1.165) is 31.2 Å². The van der Waals surface area contributed by atoms with Crippen LogP contribution in [0.5, 0.6) is 0 Å². The Balaban J connectivity index is 1.74. The number of amides is 1. The van der Waals surface area contributed by atoms with Crippen LogP contribution in [0.3, 0.4) is 0 Å². The molecule has 1 aromatic heterocycles. The molecule has 0 spiro atoms. The van der Waals surface area contributed by atoms with Gasteiger partial charge in [-0.3, -0.25) is 14.5 Å². The summed E-state index contributed by atoms with van der Waals surface area (Å²) in [5, 5.41) is 20.1. The van der Waals surface area contributed by atoms with Gasteiger partial charge < -0.3 is 10.4 Å². The summed E-state index contributed by atoms with van der Waals surface area (Å²) in [6.45, 7) is 0.189. The normalized spacial score (nSPS) is 20.4. The molecule has 2 atom stereocenters. The van der Waals surface area contributed by atoms with Crippen LogP contribution in [-0.2, 0) is 11.3 Å². The molecule has 6 nitrogen and oxygen atoms in total. The fraction of sp³-hybridized carbons (Fsp3) is 0.471. The molecule has 1 fully saturated rings. The summed E-state index contributed by atoms with van der Waals surface area (Å²) in [6.07, 6.45) is 4.02. The second-order valence-electron chi connectivity index (χ2n) is 6.35. The number of carbonyl (C=O) groups excluding carboxylic acids is 1. The summed E-state index contributed by atoms with van der Waals surface area (Å²) in [6, 6.07) is 7.24. The number of aliphatic hydroxyl groups is 1. The summed E-state index contributed by atoms with van der Waals surface area (Å²) >= 11 is 11.2. The first-order valence-corrected chi connectivity index (χ1v) is 9.18. The maximum atomic E-state index is 12.5. The topological polar surface area (TPSA) is 82.9 Å². The largest absolute Gasteiger partial charge is 0.396 e. The molecule has 134 valence electrons. The molecule has 8 heteroatoms. The first-order valence-electron chi connectivity index (χ1n) is 8.40. The summed E-state index contributed by atoms with van der Waals surface area (Å²) in [5.74, 6) is 0.600. The van der Waals surface area contributed by atoms with Gasteiger partial charge in [0.2, 0.25) is 5.91 Å². The lowest BCUT2D eigenvalue weighted by molar-refractivity contribution is -0.123. The van der Waals surface area contributed by atoms with Crippen molar-refractivity contribution in [1.29, 1.82) is 0 Å². The molecule has 0 bridgehead atoms. The van der Waals surface area contributed by atoms with Crippen molar-refractivity contribution in [3.05, 3.63) is 34.1 Å². The maximum absolute atomic E-state index is 12.5. The number of nitrogens with zero attached hydrogens (tertiary/aromatic N) is 2. The van der Waals surface area contributed by atoms with Gasteiger partial charge in [0.1, 0.15) is 6.54 Å². The van der Waals surface area contributed by atoms with Crippen molar-refractivity contribution in [2.24, 2.45) is 5.92 Å². The van der Waals surface area contributed by atoms with E-state index in [9.17, 15) is 9.90 Å². The fourth-order valence-corrected chi connectivity index (χ4v) is 3.62. The minimum absolute atomic E-state index is 0.0197. The second-order valence-corrected chi connectivity index (χ2v) is 7.17. The third-order valence-electron chi connectivity index (χ3n) is 4.65. The lowest BCUT2D eigenvalue weighted by atomic mass is 9.85. The first kappa shape index (κ1) is 18.1. The van der Waals surface area contributed by atoms with Gasteiger partial charge in [-0.2, -0.15) is 5.10 Å². The molecular weight excluding hydrogens is 360 g/mol. The third-order valence-corrected chi connectivity index (χ3v) is 5.22. The number of aromatic nitrogens is 3. The van der Waals surface area contributed by atoms with Gasteiger partial charge >= 0.3 is 0 Å². The zero-order valence-electron chi connectivity index (χ0n) is 13.7. The highest BCUT2D eigenvalue weighted by Crippen LogP contribution is 2.24. The van der Waals surface area contributed by atoms with Crippen molar-refractivity contribution in [3.8, 4) is 11.4 Å². The molecule has 0 unspecified atom stereocenters. The fourth-order valence-electron chi connectivity index (χ4n) is 3.30. The van der Waals surface area contributed by atoms with E-state index >= 15 is 0 Å². The van der Waals surface area contributed by atoms with Crippen molar-refractivity contribution in [2.45, 2.75) is 38.3 Å². The summed E-state index contributed by atoms with van der Waals surface area (Å²) in [4.78, 5) is 12.5. The van der Waals surface area contributed by atoms with Gasteiger partial charge in [0.15, 0.2) is 10.6 Å². The number of nitrogens with one attached hydrogen (secondary N) is 2. The summed E-state index contributed by atoms with van der Waals surface area (Å²) in [5.41, 5.74) is 0.829. The van der Waals surface area contributed by atoms with Crippen LogP contribution in [0.15, 0.2) is 24.3 Å². The van der Waals surface area contributed by atoms with Crippen LogP contribution in [0, 0.1) is 10.7 Å². The minimum Gasteiger partial charge on any atom is -0.396 e. The van der Waals surface area contributed by atoms with E-state index in [0.29, 0.717) is 15.6 Å². The standard InChI is InChI=1S/C17H21ClN4O2S/c18-13-7-5-11(6-8-13)16-20-21-17(25)22(16)9-15(24)19-14-4-2-1-3-12(14)10-23/h5-8,12,14,23H,1-4,9-10H2,(H,19,24)(H,21,25)/t12-,14-/m0/s1. The lowest BCUT2D eigenvalue weighted by Gasteiger charge is -2.30. The Kier molecular flexibility index (Phi) is 5.88. The Labute approximate surface area is 156 Å². The SMILES string of the molecule is O=C(Cn1c(-c2ccc(Cl)cc2)n[nH]c1=S)N[C@H]1CCCC[C@H]1CO. The number of benzene rings is 1. The number of hydrogen-bond acceptors (Lipinski definition) is 4. The van der Waals surface area contributed by atoms with Crippen LogP contribution in [0.25, 0.3) is 11.4 Å². The lowest BCUT2D eigenvalue weighted by Crippen LogP contribution is -2.44. The van der Waals surface area contributed by atoms with Crippen molar-refractivity contribution < 1.29 is 9.90 Å². The van der Waals surface area contributed by atoms with E-state index in [1.54, 1.807) is 16.7 Å². The molecule has 0 aliphatic heterocycles. The predicted octanol–water partition coefficient (Wildman–Crippen LogP) is 2.93. The van der Waals surface area contributed by atoms with Crippen LogP contribution < -0.4 is 5.32 Å². The Morgan fingerprint density at radius 2 is 2.08 bits per heavy atom.